The van der Waals surface area contributed by atoms with Gasteiger partial charge in [0.1, 0.15) is 5.82 Å². The molecule has 2 atom stereocenters. The van der Waals surface area contributed by atoms with E-state index in [9.17, 15) is 4.39 Å². The van der Waals surface area contributed by atoms with Crippen molar-refractivity contribution in [1.29, 1.82) is 0 Å². The van der Waals surface area contributed by atoms with Crippen LogP contribution in [0.25, 0.3) is 15.7 Å². The zero-order valence-corrected chi connectivity index (χ0v) is 14.0. The van der Waals surface area contributed by atoms with Crippen molar-refractivity contribution in [3.05, 3.63) is 40.5 Å². The first-order chi connectivity index (χ1) is 10.6. The van der Waals surface area contributed by atoms with Gasteiger partial charge in [0.25, 0.3) is 0 Å². The summed E-state index contributed by atoms with van der Waals surface area (Å²) in [5, 5.41) is 3.50. The van der Waals surface area contributed by atoms with Crippen molar-refractivity contribution in [1.82, 2.24) is 4.90 Å². The highest BCUT2D eigenvalue weighted by Gasteiger charge is 2.35. The zero-order valence-electron chi connectivity index (χ0n) is 13.2. The van der Waals surface area contributed by atoms with Crippen LogP contribution in [0.1, 0.15) is 31.2 Å². The molecule has 1 fully saturated rings. The summed E-state index contributed by atoms with van der Waals surface area (Å²) in [5.74, 6) is 1.48. The van der Waals surface area contributed by atoms with Gasteiger partial charge in [0.05, 0.1) is 0 Å². The highest BCUT2D eigenvalue weighted by atomic mass is 32.1. The van der Waals surface area contributed by atoms with Crippen molar-refractivity contribution in [2.45, 2.75) is 25.7 Å². The maximum atomic E-state index is 13.5. The van der Waals surface area contributed by atoms with E-state index < -0.39 is 0 Å². The van der Waals surface area contributed by atoms with Gasteiger partial charge < -0.3 is 4.90 Å². The Bertz CT molecular complexity index is 743. The van der Waals surface area contributed by atoms with Crippen molar-refractivity contribution in [3.8, 4) is 0 Å². The average molecular weight is 315 g/mol. The van der Waals surface area contributed by atoms with Crippen molar-refractivity contribution in [2.24, 2.45) is 11.8 Å². The molecule has 1 aromatic carbocycles. The number of rotatable bonds is 3. The summed E-state index contributed by atoms with van der Waals surface area (Å²) >= 11 is 1.68. The van der Waals surface area contributed by atoms with Gasteiger partial charge >= 0.3 is 0 Å². The molecule has 1 saturated carbocycles. The van der Waals surface area contributed by atoms with Crippen molar-refractivity contribution in [2.75, 3.05) is 20.6 Å². The van der Waals surface area contributed by atoms with Gasteiger partial charge in [0.2, 0.25) is 0 Å². The van der Waals surface area contributed by atoms with E-state index in [1.807, 2.05) is 6.07 Å². The molecule has 0 saturated heterocycles. The van der Waals surface area contributed by atoms with Crippen LogP contribution in [0.2, 0.25) is 0 Å². The SMILES string of the molecule is CN(C)CC1=C(c2csc3cc(F)ccc23)C2CCC(C1)C2. The van der Waals surface area contributed by atoms with Gasteiger partial charge in [-0.1, -0.05) is 11.6 Å². The number of thiophene rings is 1. The summed E-state index contributed by atoms with van der Waals surface area (Å²) in [6.07, 6.45) is 5.31. The number of halogens is 1. The molecule has 22 heavy (non-hydrogen) atoms. The first kappa shape index (κ1) is 14.4. The quantitative estimate of drug-likeness (QED) is 0.755. The van der Waals surface area contributed by atoms with Crippen LogP contribution in [-0.4, -0.2) is 25.5 Å². The standard InChI is InChI=1S/C19H22FNS/c1-21(2)10-14-8-12-3-4-13(7-12)19(14)17-11-22-18-9-15(20)5-6-16(17)18/h5-6,9,11-13H,3-4,7-8,10H2,1-2H3. The molecule has 1 heterocycles. The van der Waals surface area contributed by atoms with E-state index in [0.717, 1.165) is 23.1 Å². The molecule has 2 aliphatic rings. The molecule has 1 aromatic heterocycles. The Morgan fingerprint density at radius 1 is 1.27 bits per heavy atom. The maximum absolute atomic E-state index is 13.5. The van der Waals surface area contributed by atoms with Crippen LogP contribution < -0.4 is 0 Å². The highest BCUT2D eigenvalue weighted by Crippen LogP contribution is 2.51. The maximum Gasteiger partial charge on any atom is 0.124 e. The Morgan fingerprint density at radius 2 is 2.14 bits per heavy atom. The molecule has 2 unspecified atom stereocenters. The van der Waals surface area contributed by atoms with E-state index in [0.29, 0.717) is 0 Å². The van der Waals surface area contributed by atoms with Crippen molar-refractivity contribution in [3.63, 3.8) is 0 Å². The van der Waals surface area contributed by atoms with Gasteiger partial charge in [0, 0.05) is 16.6 Å². The number of allylic oxidation sites excluding steroid dienone is 1. The Kier molecular flexibility index (Phi) is 3.58. The second-order valence-corrected chi connectivity index (χ2v) is 8.04. The zero-order chi connectivity index (χ0) is 15.3. The lowest BCUT2D eigenvalue weighted by Gasteiger charge is -2.28. The molecule has 2 aromatic rings. The molecule has 0 N–H and O–H groups in total. The Balaban J connectivity index is 1.86. The Hall–Kier alpha value is -1.19. The minimum Gasteiger partial charge on any atom is -0.305 e. The lowest BCUT2D eigenvalue weighted by molar-refractivity contribution is 0.413. The monoisotopic (exact) mass is 315 g/mol. The number of likely N-dealkylation sites (N-methyl/N-ethyl adjacent to an activating group) is 1. The predicted molar refractivity (Wildman–Crippen MR) is 92.7 cm³/mol. The highest BCUT2D eigenvalue weighted by molar-refractivity contribution is 7.17. The molecule has 116 valence electrons. The van der Waals surface area contributed by atoms with Crippen LogP contribution in [0, 0.1) is 17.7 Å². The predicted octanol–water partition coefficient (Wildman–Crippen LogP) is 5.18. The molecule has 0 radical (unpaired) electrons. The third-order valence-electron chi connectivity index (χ3n) is 5.20. The minimum absolute atomic E-state index is 0.132. The molecule has 0 aliphatic heterocycles. The van der Waals surface area contributed by atoms with Gasteiger partial charge in [-0.25, -0.2) is 4.39 Å². The van der Waals surface area contributed by atoms with E-state index >= 15 is 0 Å². The molecule has 1 nitrogen and oxygen atoms in total. The number of hydrogen-bond acceptors (Lipinski definition) is 2. The summed E-state index contributed by atoms with van der Waals surface area (Å²) in [6, 6.07) is 5.25. The molecular formula is C19H22FNS. The topological polar surface area (TPSA) is 3.24 Å². The van der Waals surface area contributed by atoms with Crippen LogP contribution >= 0.6 is 11.3 Å². The Labute approximate surface area is 135 Å². The largest absolute Gasteiger partial charge is 0.305 e. The minimum atomic E-state index is -0.132. The number of fused-ring (bicyclic) bond motifs is 3. The smallest absolute Gasteiger partial charge is 0.124 e. The molecule has 2 bridgehead atoms. The second-order valence-electron chi connectivity index (χ2n) is 7.12. The average Bonchev–Trinajstić information content (AvgIpc) is 3.03. The van der Waals surface area contributed by atoms with Crippen LogP contribution in [0.3, 0.4) is 0 Å². The second kappa shape index (κ2) is 5.47. The molecule has 3 heteroatoms. The summed E-state index contributed by atoms with van der Waals surface area (Å²) in [4.78, 5) is 2.29. The van der Waals surface area contributed by atoms with Gasteiger partial charge in [-0.05, 0) is 80.3 Å². The summed E-state index contributed by atoms with van der Waals surface area (Å²) < 4.78 is 14.6. The normalized spacial score (nSPS) is 24.7. The van der Waals surface area contributed by atoms with Gasteiger partial charge in [-0.15, -0.1) is 11.3 Å². The molecule has 0 spiro atoms. The summed E-state index contributed by atoms with van der Waals surface area (Å²) in [7, 11) is 4.31. The van der Waals surface area contributed by atoms with Crippen LogP contribution in [0.5, 0.6) is 0 Å². The fourth-order valence-corrected chi connectivity index (χ4v) is 5.41. The summed E-state index contributed by atoms with van der Waals surface area (Å²) in [6.45, 7) is 1.06. The van der Waals surface area contributed by atoms with Gasteiger partial charge in [-0.3, -0.25) is 0 Å². The van der Waals surface area contributed by atoms with Crippen molar-refractivity contribution >= 4 is 27.0 Å². The molecule has 0 amide bonds. The van der Waals surface area contributed by atoms with Crippen LogP contribution in [0.15, 0.2) is 29.2 Å². The van der Waals surface area contributed by atoms with E-state index in [2.05, 4.69) is 24.4 Å². The van der Waals surface area contributed by atoms with E-state index in [1.54, 1.807) is 34.6 Å². The Morgan fingerprint density at radius 3 is 2.95 bits per heavy atom. The van der Waals surface area contributed by atoms with Crippen LogP contribution in [-0.2, 0) is 0 Å². The number of hydrogen-bond donors (Lipinski definition) is 0. The summed E-state index contributed by atoms with van der Waals surface area (Å²) in [5.41, 5.74) is 4.58. The first-order valence-corrected chi connectivity index (χ1v) is 9.03. The lowest BCUT2D eigenvalue weighted by Crippen LogP contribution is -2.21. The van der Waals surface area contributed by atoms with Crippen molar-refractivity contribution < 1.29 is 4.39 Å². The van der Waals surface area contributed by atoms with E-state index in [1.165, 1.54) is 36.6 Å². The fraction of sp³-hybridized carbons (Fsp3) is 0.474. The van der Waals surface area contributed by atoms with Crippen LogP contribution in [0.4, 0.5) is 4.39 Å². The molecule has 2 aliphatic carbocycles. The van der Waals surface area contributed by atoms with E-state index in [4.69, 9.17) is 0 Å². The number of nitrogens with zero attached hydrogens (tertiary/aromatic N) is 1. The lowest BCUT2D eigenvalue weighted by atomic mass is 9.79. The third-order valence-corrected chi connectivity index (χ3v) is 6.15. The van der Waals surface area contributed by atoms with E-state index in [-0.39, 0.29) is 5.82 Å². The number of benzene rings is 1. The molecular weight excluding hydrogens is 293 g/mol. The van der Waals surface area contributed by atoms with Gasteiger partial charge in [0.15, 0.2) is 0 Å². The fourth-order valence-electron chi connectivity index (χ4n) is 4.42. The third kappa shape index (κ3) is 2.40. The van der Waals surface area contributed by atoms with Gasteiger partial charge in [-0.2, -0.15) is 0 Å². The molecule has 4 rings (SSSR count). The first-order valence-electron chi connectivity index (χ1n) is 8.15.